The molecule has 18 heavy (non-hydrogen) atoms. The number of hydrogen-bond donors (Lipinski definition) is 2. The number of carbonyl (C=O) groups excluding carboxylic acids is 1. The van der Waals surface area contributed by atoms with Crippen molar-refractivity contribution in [2.24, 2.45) is 0 Å². The summed E-state index contributed by atoms with van der Waals surface area (Å²) in [4.78, 5) is 11.6. The van der Waals surface area contributed by atoms with Gasteiger partial charge in [-0.25, -0.2) is 4.79 Å². The third-order valence-electron chi connectivity index (χ3n) is 3.23. The molecule has 0 spiro atoms. The first kappa shape index (κ1) is 12.7. The number of urea groups is 1. The highest BCUT2D eigenvalue weighted by Crippen LogP contribution is 2.22. The minimum Gasteiger partial charge on any atom is -0.334 e. The molecule has 0 heterocycles. The van der Waals surface area contributed by atoms with Crippen LogP contribution in [0, 0.1) is 6.92 Å². The van der Waals surface area contributed by atoms with Crippen LogP contribution in [0.15, 0.2) is 36.0 Å². The number of rotatable bonds is 3. The van der Waals surface area contributed by atoms with Crippen LogP contribution in [0.1, 0.15) is 36.8 Å². The van der Waals surface area contributed by atoms with Crippen LogP contribution >= 0.6 is 0 Å². The van der Waals surface area contributed by atoms with Crippen molar-refractivity contribution in [3.63, 3.8) is 0 Å². The average molecular weight is 244 g/mol. The Morgan fingerprint density at radius 3 is 2.56 bits per heavy atom. The number of hydrogen-bond acceptors (Lipinski definition) is 1. The van der Waals surface area contributed by atoms with Gasteiger partial charge in [0.2, 0.25) is 0 Å². The summed E-state index contributed by atoms with van der Waals surface area (Å²) in [5, 5.41) is 5.64. The average Bonchev–Trinajstić information content (AvgIpc) is 2.89. The molecular formula is C15H20N2O. The predicted molar refractivity (Wildman–Crippen MR) is 73.1 cm³/mol. The molecule has 1 aromatic rings. The molecule has 2 rings (SSSR count). The van der Waals surface area contributed by atoms with Gasteiger partial charge in [0, 0.05) is 12.7 Å². The topological polar surface area (TPSA) is 41.1 Å². The van der Waals surface area contributed by atoms with E-state index in [2.05, 4.69) is 29.7 Å². The monoisotopic (exact) mass is 244 g/mol. The molecule has 1 aliphatic carbocycles. The molecule has 2 N–H and O–H groups in total. The van der Waals surface area contributed by atoms with Crippen molar-refractivity contribution in [1.29, 1.82) is 0 Å². The van der Waals surface area contributed by atoms with Crippen molar-refractivity contribution in [2.45, 2.75) is 39.2 Å². The minimum absolute atomic E-state index is 0.130. The van der Waals surface area contributed by atoms with Gasteiger partial charge in [-0.2, -0.15) is 0 Å². The Labute approximate surface area is 108 Å². The summed E-state index contributed by atoms with van der Waals surface area (Å²) in [7, 11) is 0. The van der Waals surface area contributed by atoms with E-state index >= 15 is 0 Å². The Morgan fingerprint density at radius 1 is 1.22 bits per heavy atom. The predicted octanol–water partition coefficient (Wildman–Crippen LogP) is 3.25. The zero-order valence-electron chi connectivity index (χ0n) is 10.8. The minimum atomic E-state index is -0.130. The zero-order chi connectivity index (χ0) is 12.8. The van der Waals surface area contributed by atoms with Crippen molar-refractivity contribution < 1.29 is 4.79 Å². The van der Waals surface area contributed by atoms with E-state index in [0.29, 0.717) is 6.54 Å². The highest BCUT2D eigenvalue weighted by atomic mass is 16.2. The normalized spacial score (nSPS) is 14.4. The van der Waals surface area contributed by atoms with Crippen LogP contribution < -0.4 is 10.6 Å². The molecule has 0 aromatic heterocycles. The number of nitrogens with one attached hydrogen (secondary N) is 2. The van der Waals surface area contributed by atoms with Gasteiger partial charge in [-0.3, -0.25) is 0 Å². The van der Waals surface area contributed by atoms with Gasteiger partial charge < -0.3 is 10.6 Å². The second-order valence-corrected chi connectivity index (χ2v) is 4.82. The summed E-state index contributed by atoms with van der Waals surface area (Å²) in [6.45, 7) is 2.62. The smallest absolute Gasteiger partial charge is 0.319 e. The van der Waals surface area contributed by atoms with E-state index in [1.54, 1.807) is 0 Å². The molecule has 1 aliphatic rings. The van der Waals surface area contributed by atoms with Crippen molar-refractivity contribution in [1.82, 2.24) is 10.6 Å². The molecule has 1 saturated carbocycles. The largest absolute Gasteiger partial charge is 0.334 e. The Hall–Kier alpha value is -1.77. The molecule has 96 valence electrons. The first-order valence-electron chi connectivity index (χ1n) is 6.52. The Kier molecular flexibility index (Phi) is 4.40. The fourth-order valence-corrected chi connectivity index (χ4v) is 2.08. The quantitative estimate of drug-likeness (QED) is 0.842. The fourth-order valence-electron chi connectivity index (χ4n) is 2.08. The summed E-state index contributed by atoms with van der Waals surface area (Å²) < 4.78 is 0. The van der Waals surface area contributed by atoms with Gasteiger partial charge in [0.1, 0.15) is 0 Å². The van der Waals surface area contributed by atoms with Crippen molar-refractivity contribution in [3.05, 3.63) is 47.2 Å². The van der Waals surface area contributed by atoms with Gasteiger partial charge in [0.15, 0.2) is 0 Å². The van der Waals surface area contributed by atoms with Gasteiger partial charge >= 0.3 is 6.03 Å². The lowest BCUT2D eigenvalue weighted by atomic mass is 10.1. The Bertz CT molecular complexity index is 426. The second kappa shape index (κ2) is 6.24. The Morgan fingerprint density at radius 2 is 1.89 bits per heavy atom. The number of benzene rings is 1. The lowest BCUT2D eigenvalue weighted by Crippen LogP contribution is -2.31. The van der Waals surface area contributed by atoms with Crippen molar-refractivity contribution >= 4 is 6.03 Å². The number of carbonyl (C=O) groups is 1. The first-order chi connectivity index (χ1) is 8.74. The number of allylic oxidation sites excluding steroid dienone is 1. The van der Waals surface area contributed by atoms with Gasteiger partial charge in [0.25, 0.3) is 0 Å². The van der Waals surface area contributed by atoms with Crippen LogP contribution in [-0.2, 0) is 6.54 Å². The lowest BCUT2D eigenvalue weighted by Gasteiger charge is -2.06. The molecule has 3 nitrogen and oxygen atoms in total. The molecule has 0 aliphatic heterocycles. The molecule has 1 fully saturated rings. The number of amides is 2. The van der Waals surface area contributed by atoms with E-state index in [-0.39, 0.29) is 6.03 Å². The first-order valence-corrected chi connectivity index (χ1v) is 6.52. The summed E-state index contributed by atoms with van der Waals surface area (Å²) >= 11 is 0. The van der Waals surface area contributed by atoms with Crippen molar-refractivity contribution in [2.75, 3.05) is 0 Å². The summed E-state index contributed by atoms with van der Waals surface area (Å²) in [5.74, 6) is 0. The van der Waals surface area contributed by atoms with Crippen LogP contribution in [0.25, 0.3) is 0 Å². The van der Waals surface area contributed by atoms with Gasteiger partial charge in [-0.05, 0) is 38.2 Å². The van der Waals surface area contributed by atoms with E-state index in [1.165, 1.54) is 24.0 Å². The fraction of sp³-hybridized carbons (Fsp3) is 0.400. The molecule has 2 amide bonds. The van der Waals surface area contributed by atoms with E-state index < -0.39 is 0 Å². The molecule has 1 aromatic carbocycles. The van der Waals surface area contributed by atoms with Crippen LogP contribution in [0.2, 0.25) is 0 Å². The SMILES string of the molecule is Cc1ccc(CNC(=O)NC=C2CCCC2)cc1. The zero-order valence-corrected chi connectivity index (χ0v) is 10.8. The second-order valence-electron chi connectivity index (χ2n) is 4.82. The third kappa shape index (κ3) is 3.91. The summed E-state index contributed by atoms with van der Waals surface area (Å²) in [6.07, 6.45) is 6.60. The highest BCUT2D eigenvalue weighted by Gasteiger charge is 2.06. The Balaban J connectivity index is 1.74. The third-order valence-corrected chi connectivity index (χ3v) is 3.23. The maximum Gasteiger partial charge on any atom is 0.319 e. The van der Waals surface area contributed by atoms with Crippen LogP contribution in [0.4, 0.5) is 4.79 Å². The van der Waals surface area contributed by atoms with E-state index in [0.717, 1.165) is 18.4 Å². The standard InChI is InChI=1S/C15H20N2O/c1-12-6-8-14(9-7-12)11-17-15(18)16-10-13-4-2-3-5-13/h6-10H,2-5,11H2,1H3,(H2,16,17,18). The molecular weight excluding hydrogens is 224 g/mol. The van der Waals surface area contributed by atoms with E-state index in [9.17, 15) is 4.79 Å². The summed E-state index contributed by atoms with van der Waals surface area (Å²) in [6, 6.07) is 8.04. The highest BCUT2D eigenvalue weighted by molar-refractivity contribution is 5.74. The number of aryl methyl sites for hydroxylation is 1. The maximum absolute atomic E-state index is 11.6. The molecule has 0 bridgehead atoms. The van der Waals surface area contributed by atoms with E-state index in [1.807, 2.05) is 18.3 Å². The molecule has 0 atom stereocenters. The molecule has 0 radical (unpaired) electrons. The summed E-state index contributed by atoms with van der Waals surface area (Å²) in [5.41, 5.74) is 3.69. The lowest BCUT2D eigenvalue weighted by molar-refractivity contribution is 0.243. The molecule has 3 heteroatoms. The van der Waals surface area contributed by atoms with Gasteiger partial charge in [-0.15, -0.1) is 0 Å². The van der Waals surface area contributed by atoms with Gasteiger partial charge in [-0.1, -0.05) is 35.4 Å². The molecule has 0 saturated heterocycles. The van der Waals surface area contributed by atoms with Crippen LogP contribution in [0.3, 0.4) is 0 Å². The molecule has 0 unspecified atom stereocenters. The van der Waals surface area contributed by atoms with Crippen LogP contribution in [0.5, 0.6) is 0 Å². The van der Waals surface area contributed by atoms with E-state index in [4.69, 9.17) is 0 Å². The maximum atomic E-state index is 11.6. The van der Waals surface area contributed by atoms with Crippen LogP contribution in [-0.4, -0.2) is 6.03 Å². The van der Waals surface area contributed by atoms with Crippen molar-refractivity contribution in [3.8, 4) is 0 Å². The van der Waals surface area contributed by atoms with Gasteiger partial charge in [0.05, 0.1) is 0 Å².